The zero-order chi connectivity index (χ0) is 17.5. The average molecular weight is 332 g/mol. The minimum atomic E-state index is -0.257. The molecule has 1 saturated heterocycles. The van der Waals surface area contributed by atoms with E-state index >= 15 is 0 Å². The molecule has 4 N–H and O–H groups in total. The van der Waals surface area contributed by atoms with Crippen LogP contribution in [0.4, 0.5) is 16.2 Å². The molecule has 1 aliphatic rings. The molecule has 2 atom stereocenters. The van der Waals surface area contributed by atoms with Gasteiger partial charge in [-0.1, -0.05) is 19.8 Å². The molecular formula is C18H28N4O2. The van der Waals surface area contributed by atoms with E-state index in [1.54, 1.807) is 31.2 Å². The first-order valence-corrected chi connectivity index (χ1v) is 8.70. The van der Waals surface area contributed by atoms with Crippen LogP contribution in [-0.2, 0) is 4.79 Å². The summed E-state index contributed by atoms with van der Waals surface area (Å²) in [6, 6.07) is 6.90. The van der Waals surface area contributed by atoms with E-state index in [1.165, 1.54) is 12.8 Å². The van der Waals surface area contributed by atoms with Gasteiger partial charge in [-0.2, -0.15) is 0 Å². The van der Waals surface area contributed by atoms with Crippen molar-refractivity contribution in [3.8, 4) is 0 Å². The Hall–Kier alpha value is -2.08. The molecule has 0 saturated carbocycles. The van der Waals surface area contributed by atoms with E-state index in [9.17, 15) is 9.59 Å². The first-order valence-electron chi connectivity index (χ1n) is 8.70. The van der Waals surface area contributed by atoms with Gasteiger partial charge in [0.25, 0.3) is 0 Å². The van der Waals surface area contributed by atoms with Crippen molar-refractivity contribution >= 4 is 23.3 Å². The Labute approximate surface area is 143 Å². The van der Waals surface area contributed by atoms with Gasteiger partial charge < -0.3 is 21.3 Å². The lowest BCUT2D eigenvalue weighted by molar-refractivity contribution is -0.119. The molecule has 0 aliphatic carbocycles. The molecule has 24 heavy (non-hydrogen) atoms. The Balaban J connectivity index is 1.89. The lowest BCUT2D eigenvalue weighted by atomic mass is 10.0. The lowest BCUT2D eigenvalue weighted by Crippen LogP contribution is -2.35. The predicted molar refractivity (Wildman–Crippen MR) is 96.9 cm³/mol. The summed E-state index contributed by atoms with van der Waals surface area (Å²) in [5.41, 5.74) is 7.16. The number of carbonyl (C=O) groups excluding carboxylic acids is 2. The third kappa shape index (κ3) is 5.23. The van der Waals surface area contributed by atoms with Crippen LogP contribution in [0.25, 0.3) is 0 Å². The summed E-state index contributed by atoms with van der Waals surface area (Å²) < 4.78 is 0. The molecule has 1 aromatic carbocycles. The molecule has 1 aliphatic heterocycles. The number of hydrogen-bond acceptors (Lipinski definition) is 3. The summed E-state index contributed by atoms with van der Waals surface area (Å²) in [7, 11) is 0. The average Bonchev–Trinajstić information content (AvgIpc) is 2.85. The van der Waals surface area contributed by atoms with Crippen LogP contribution in [0, 0.1) is 5.92 Å². The maximum absolute atomic E-state index is 12.3. The molecule has 2 rings (SSSR count). The molecular weight excluding hydrogens is 304 g/mol. The predicted octanol–water partition coefficient (Wildman–Crippen LogP) is 3.02. The summed E-state index contributed by atoms with van der Waals surface area (Å²) in [4.78, 5) is 26.1. The van der Waals surface area contributed by atoms with Gasteiger partial charge in [-0.15, -0.1) is 0 Å². The van der Waals surface area contributed by atoms with E-state index in [1.807, 2.05) is 11.8 Å². The molecule has 0 bridgehead atoms. The highest BCUT2D eigenvalue weighted by Crippen LogP contribution is 2.17. The quantitative estimate of drug-likeness (QED) is 0.792. The van der Waals surface area contributed by atoms with Gasteiger partial charge in [-0.05, 0) is 44.0 Å². The van der Waals surface area contributed by atoms with Crippen LogP contribution < -0.4 is 16.4 Å². The molecule has 3 amide bonds. The molecule has 0 spiro atoms. The van der Waals surface area contributed by atoms with Gasteiger partial charge in [0.1, 0.15) is 0 Å². The fraction of sp³-hybridized carbons (Fsp3) is 0.556. The van der Waals surface area contributed by atoms with Crippen molar-refractivity contribution in [2.75, 3.05) is 23.7 Å². The van der Waals surface area contributed by atoms with Crippen LogP contribution >= 0.6 is 0 Å². The zero-order valence-corrected chi connectivity index (χ0v) is 14.5. The monoisotopic (exact) mass is 332 g/mol. The van der Waals surface area contributed by atoms with Crippen molar-refractivity contribution in [3.63, 3.8) is 0 Å². The van der Waals surface area contributed by atoms with Gasteiger partial charge in [0.2, 0.25) is 5.91 Å². The van der Waals surface area contributed by atoms with Crippen molar-refractivity contribution in [1.29, 1.82) is 0 Å². The van der Waals surface area contributed by atoms with Gasteiger partial charge in [0, 0.05) is 30.5 Å². The largest absolute Gasteiger partial charge is 0.327 e. The standard InChI is InChI=1S/C18H28N4O2/c1-13(14(2)19)17(23)20-15-7-9-16(10-8-15)21-18(24)22-11-5-3-4-6-12-22/h7-10,13-14H,3-6,11-12,19H2,1-2H3,(H,20,23)(H,21,24). The Bertz CT molecular complexity index is 549. The fourth-order valence-corrected chi connectivity index (χ4v) is 2.61. The lowest BCUT2D eigenvalue weighted by Gasteiger charge is -2.21. The Kier molecular flexibility index (Phi) is 6.61. The summed E-state index contributed by atoms with van der Waals surface area (Å²) in [5, 5.41) is 5.75. The molecule has 0 aromatic heterocycles. The molecule has 0 radical (unpaired) electrons. The van der Waals surface area contributed by atoms with Crippen LogP contribution in [0.2, 0.25) is 0 Å². The molecule has 1 heterocycles. The van der Waals surface area contributed by atoms with Crippen LogP contribution in [-0.4, -0.2) is 36.0 Å². The number of anilines is 2. The molecule has 132 valence electrons. The second-order valence-electron chi connectivity index (χ2n) is 6.55. The smallest absolute Gasteiger partial charge is 0.321 e. The van der Waals surface area contributed by atoms with E-state index in [0.717, 1.165) is 31.6 Å². The summed E-state index contributed by atoms with van der Waals surface area (Å²) >= 11 is 0. The van der Waals surface area contributed by atoms with Crippen molar-refractivity contribution in [2.45, 2.75) is 45.6 Å². The minimum Gasteiger partial charge on any atom is -0.327 e. The number of carbonyl (C=O) groups is 2. The number of amides is 3. The zero-order valence-electron chi connectivity index (χ0n) is 14.5. The van der Waals surface area contributed by atoms with Crippen LogP contribution in [0.5, 0.6) is 0 Å². The first kappa shape index (κ1) is 18.3. The molecule has 6 heteroatoms. The topological polar surface area (TPSA) is 87.5 Å². The molecule has 6 nitrogen and oxygen atoms in total. The van der Waals surface area contributed by atoms with Gasteiger partial charge in [-0.3, -0.25) is 4.79 Å². The summed E-state index contributed by atoms with van der Waals surface area (Å²) in [5.74, 6) is -0.362. The molecule has 2 unspecified atom stereocenters. The number of nitrogens with two attached hydrogens (primary N) is 1. The number of hydrogen-bond donors (Lipinski definition) is 3. The van der Waals surface area contributed by atoms with Gasteiger partial charge in [-0.25, -0.2) is 4.79 Å². The van der Waals surface area contributed by atoms with Gasteiger partial charge in [0.15, 0.2) is 0 Å². The van der Waals surface area contributed by atoms with E-state index in [-0.39, 0.29) is 23.9 Å². The number of nitrogens with zero attached hydrogens (tertiary/aromatic N) is 1. The second kappa shape index (κ2) is 8.68. The second-order valence-corrected chi connectivity index (χ2v) is 6.55. The number of rotatable bonds is 4. The summed E-state index contributed by atoms with van der Waals surface area (Å²) in [6.07, 6.45) is 4.52. The SMILES string of the molecule is CC(N)C(C)C(=O)Nc1ccc(NC(=O)N2CCCCCC2)cc1. The number of urea groups is 1. The first-order chi connectivity index (χ1) is 11.5. The van der Waals surface area contributed by atoms with Crippen LogP contribution in [0.3, 0.4) is 0 Å². The van der Waals surface area contributed by atoms with Crippen LogP contribution in [0.1, 0.15) is 39.5 Å². The highest BCUT2D eigenvalue weighted by Gasteiger charge is 2.17. The Morgan fingerprint density at radius 1 is 0.958 bits per heavy atom. The van der Waals surface area contributed by atoms with E-state index in [2.05, 4.69) is 10.6 Å². The van der Waals surface area contributed by atoms with Gasteiger partial charge >= 0.3 is 6.03 Å². The normalized spacial score (nSPS) is 17.5. The van der Waals surface area contributed by atoms with Crippen molar-refractivity contribution in [1.82, 2.24) is 4.90 Å². The summed E-state index contributed by atoms with van der Waals surface area (Å²) in [6.45, 7) is 5.24. The van der Waals surface area contributed by atoms with E-state index in [0.29, 0.717) is 5.69 Å². The maximum atomic E-state index is 12.3. The Morgan fingerprint density at radius 2 is 1.46 bits per heavy atom. The number of likely N-dealkylation sites (tertiary alicyclic amines) is 1. The van der Waals surface area contributed by atoms with Crippen LogP contribution in [0.15, 0.2) is 24.3 Å². The van der Waals surface area contributed by atoms with Crippen molar-refractivity contribution < 1.29 is 9.59 Å². The Morgan fingerprint density at radius 3 is 1.96 bits per heavy atom. The third-order valence-electron chi connectivity index (χ3n) is 4.50. The van der Waals surface area contributed by atoms with Crippen molar-refractivity contribution in [2.24, 2.45) is 11.7 Å². The highest BCUT2D eigenvalue weighted by molar-refractivity contribution is 5.93. The van der Waals surface area contributed by atoms with Gasteiger partial charge in [0.05, 0.1) is 5.92 Å². The van der Waals surface area contributed by atoms with E-state index in [4.69, 9.17) is 5.73 Å². The number of nitrogens with one attached hydrogen (secondary N) is 2. The maximum Gasteiger partial charge on any atom is 0.321 e. The van der Waals surface area contributed by atoms with E-state index < -0.39 is 0 Å². The minimum absolute atomic E-state index is 0.0562. The molecule has 1 aromatic rings. The van der Waals surface area contributed by atoms with Crippen molar-refractivity contribution in [3.05, 3.63) is 24.3 Å². The third-order valence-corrected chi connectivity index (χ3v) is 4.50. The number of benzene rings is 1. The highest BCUT2D eigenvalue weighted by atomic mass is 16.2. The molecule has 1 fully saturated rings. The fourth-order valence-electron chi connectivity index (χ4n) is 2.61.